The first-order chi connectivity index (χ1) is 11.2. The number of morpholine rings is 1. The highest BCUT2D eigenvalue weighted by molar-refractivity contribution is 14.0. The van der Waals surface area contributed by atoms with Gasteiger partial charge in [-0.3, -0.25) is 9.89 Å². The molecule has 2 N–H and O–H groups in total. The van der Waals surface area contributed by atoms with Gasteiger partial charge in [0.05, 0.1) is 25.8 Å². The Bertz CT molecular complexity index is 519. The minimum atomic E-state index is -0.221. The predicted molar refractivity (Wildman–Crippen MR) is 106 cm³/mol. The zero-order valence-corrected chi connectivity index (χ0v) is 16.8. The highest BCUT2D eigenvalue weighted by Gasteiger charge is 2.23. The zero-order valence-electron chi connectivity index (χ0n) is 14.4. The molecule has 0 aromatic heterocycles. The van der Waals surface area contributed by atoms with Gasteiger partial charge in [0.1, 0.15) is 5.82 Å². The van der Waals surface area contributed by atoms with Crippen molar-refractivity contribution in [3.05, 3.63) is 35.6 Å². The number of nitrogens with two attached hydrogens (primary N) is 1. The maximum atomic E-state index is 13.6. The lowest BCUT2D eigenvalue weighted by Crippen LogP contribution is -2.41. The van der Waals surface area contributed by atoms with Crippen LogP contribution in [0.15, 0.2) is 29.3 Å². The molecule has 1 aromatic carbocycles. The fraction of sp³-hybridized carbons (Fsp3) is 0.588. The molecule has 5 nitrogen and oxygen atoms in total. The molecule has 1 aliphatic heterocycles. The van der Waals surface area contributed by atoms with Crippen LogP contribution in [0.2, 0.25) is 0 Å². The molecule has 1 aliphatic rings. The second kappa shape index (κ2) is 10.8. The lowest BCUT2D eigenvalue weighted by atomic mass is 10.0. The number of aliphatic imine (C=N–C) groups is 1. The van der Waals surface area contributed by atoms with Crippen LogP contribution in [0.3, 0.4) is 0 Å². The lowest BCUT2D eigenvalue weighted by molar-refractivity contribution is 0.0179. The number of rotatable bonds is 6. The van der Waals surface area contributed by atoms with E-state index < -0.39 is 0 Å². The van der Waals surface area contributed by atoms with Crippen LogP contribution in [0.1, 0.15) is 25.5 Å². The first-order valence-corrected chi connectivity index (χ1v) is 8.27. The molecule has 1 aromatic rings. The van der Waals surface area contributed by atoms with Crippen molar-refractivity contribution in [1.82, 2.24) is 9.80 Å². The normalized spacial score (nSPS) is 17.2. The van der Waals surface area contributed by atoms with E-state index in [9.17, 15) is 4.39 Å². The van der Waals surface area contributed by atoms with Crippen LogP contribution in [0.4, 0.5) is 4.39 Å². The molecule has 136 valence electrons. The third-order valence-electron chi connectivity index (χ3n) is 4.23. The first kappa shape index (κ1) is 21.1. The first-order valence-electron chi connectivity index (χ1n) is 8.27. The molecule has 0 spiro atoms. The van der Waals surface area contributed by atoms with Gasteiger partial charge in [0.2, 0.25) is 0 Å². The van der Waals surface area contributed by atoms with Gasteiger partial charge in [-0.05, 0) is 31.5 Å². The van der Waals surface area contributed by atoms with Gasteiger partial charge in [-0.15, -0.1) is 24.0 Å². The summed E-state index contributed by atoms with van der Waals surface area (Å²) in [7, 11) is 0. The van der Waals surface area contributed by atoms with Gasteiger partial charge in [-0.25, -0.2) is 4.39 Å². The fourth-order valence-electron chi connectivity index (χ4n) is 2.86. The van der Waals surface area contributed by atoms with Crippen molar-refractivity contribution in [3.63, 3.8) is 0 Å². The monoisotopic (exact) mass is 450 g/mol. The molecule has 1 heterocycles. The van der Waals surface area contributed by atoms with Crippen LogP contribution < -0.4 is 5.73 Å². The largest absolute Gasteiger partial charge is 0.379 e. The molecule has 1 saturated heterocycles. The van der Waals surface area contributed by atoms with Gasteiger partial charge in [-0.2, -0.15) is 0 Å². The van der Waals surface area contributed by atoms with E-state index in [0.29, 0.717) is 25.7 Å². The summed E-state index contributed by atoms with van der Waals surface area (Å²) in [5.74, 6) is 0.325. The van der Waals surface area contributed by atoms with E-state index >= 15 is 0 Å². The van der Waals surface area contributed by atoms with Crippen molar-refractivity contribution in [2.45, 2.75) is 19.9 Å². The van der Waals surface area contributed by atoms with Crippen molar-refractivity contribution in [3.8, 4) is 0 Å². The molecule has 1 atom stereocenters. The Labute approximate surface area is 161 Å². The minimum Gasteiger partial charge on any atom is -0.379 e. The Hall–Kier alpha value is -0.930. The second-order valence-corrected chi connectivity index (χ2v) is 5.59. The van der Waals surface area contributed by atoms with Crippen LogP contribution in [0.25, 0.3) is 0 Å². The average molecular weight is 450 g/mol. The minimum absolute atomic E-state index is 0. The molecule has 1 fully saturated rings. The SMILES string of the molecule is CCN(CC)C(N)=NCC(c1cccc(F)c1)N1CCOCC1.I. The molecule has 2 rings (SSSR count). The number of hydrogen-bond acceptors (Lipinski definition) is 3. The maximum Gasteiger partial charge on any atom is 0.191 e. The van der Waals surface area contributed by atoms with Gasteiger partial charge >= 0.3 is 0 Å². The van der Waals surface area contributed by atoms with E-state index in [1.165, 1.54) is 6.07 Å². The Morgan fingerprint density at radius 2 is 2.00 bits per heavy atom. The highest BCUT2D eigenvalue weighted by Crippen LogP contribution is 2.23. The lowest BCUT2D eigenvalue weighted by Gasteiger charge is -2.34. The second-order valence-electron chi connectivity index (χ2n) is 5.59. The van der Waals surface area contributed by atoms with Crippen molar-refractivity contribution < 1.29 is 9.13 Å². The summed E-state index contributed by atoms with van der Waals surface area (Å²) in [4.78, 5) is 8.87. The molecule has 0 radical (unpaired) electrons. The molecule has 0 saturated carbocycles. The van der Waals surface area contributed by atoms with Crippen LogP contribution in [-0.4, -0.2) is 61.7 Å². The molecule has 0 bridgehead atoms. The molecule has 1 unspecified atom stereocenters. The predicted octanol–water partition coefficient (Wildman–Crippen LogP) is 2.47. The van der Waals surface area contributed by atoms with E-state index in [1.54, 1.807) is 12.1 Å². The van der Waals surface area contributed by atoms with E-state index in [1.807, 2.05) is 11.0 Å². The summed E-state index contributed by atoms with van der Waals surface area (Å²) in [5.41, 5.74) is 7.02. The summed E-state index contributed by atoms with van der Waals surface area (Å²) in [6, 6.07) is 6.77. The summed E-state index contributed by atoms with van der Waals surface area (Å²) >= 11 is 0. The van der Waals surface area contributed by atoms with Crippen LogP contribution in [0, 0.1) is 5.82 Å². The topological polar surface area (TPSA) is 54.1 Å². The molecular formula is C17H28FIN4O. The fourth-order valence-corrected chi connectivity index (χ4v) is 2.86. The molecule has 24 heavy (non-hydrogen) atoms. The smallest absolute Gasteiger partial charge is 0.191 e. The highest BCUT2D eigenvalue weighted by atomic mass is 127. The Morgan fingerprint density at radius 1 is 1.33 bits per heavy atom. The molecular weight excluding hydrogens is 422 g/mol. The molecule has 0 aliphatic carbocycles. The van der Waals surface area contributed by atoms with Crippen molar-refractivity contribution in [1.29, 1.82) is 0 Å². The number of hydrogen-bond donors (Lipinski definition) is 1. The van der Waals surface area contributed by atoms with Crippen molar-refractivity contribution in [2.75, 3.05) is 45.9 Å². The molecule has 7 heteroatoms. The van der Waals surface area contributed by atoms with Crippen LogP contribution >= 0.6 is 24.0 Å². The van der Waals surface area contributed by atoms with E-state index in [2.05, 4.69) is 23.7 Å². The standard InChI is InChI=1S/C17H27FN4O.HI/c1-3-21(4-2)17(19)20-13-16(22-8-10-23-11-9-22)14-6-5-7-15(18)12-14;/h5-7,12,16H,3-4,8-11,13H2,1-2H3,(H2,19,20);1H. The van der Waals surface area contributed by atoms with E-state index in [0.717, 1.165) is 31.7 Å². The van der Waals surface area contributed by atoms with Crippen molar-refractivity contribution in [2.24, 2.45) is 10.7 Å². The Kier molecular flexibility index (Phi) is 9.53. The Morgan fingerprint density at radius 3 is 2.58 bits per heavy atom. The summed E-state index contributed by atoms with van der Waals surface area (Å²) in [5, 5.41) is 0. The van der Waals surface area contributed by atoms with E-state index in [-0.39, 0.29) is 35.8 Å². The van der Waals surface area contributed by atoms with Gasteiger partial charge in [0, 0.05) is 26.2 Å². The Balaban J connectivity index is 0.00000288. The average Bonchev–Trinajstić information content (AvgIpc) is 2.57. The quantitative estimate of drug-likeness (QED) is 0.411. The third kappa shape index (κ3) is 5.86. The number of ether oxygens (including phenoxy) is 1. The maximum absolute atomic E-state index is 13.6. The summed E-state index contributed by atoms with van der Waals surface area (Å²) < 4.78 is 19.0. The van der Waals surface area contributed by atoms with Crippen LogP contribution in [-0.2, 0) is 4.74 Å². The number of nitrogens with zero attached hydrogens (tertiary/aromatic N) is 3. The van der Waals surface area contributed by atoms with Gasteiger partial charge in [-0.1, -0.05) is 12.1 Å². The van der Waals surface area contributed by atoms with Gasteiger partial charge in [0.25, 0.3) is 0 Å². The summed E-state index contributed by atoms with van der Waals surface area (Å²) in [6.07, 6.45) is 0. The van der Waals surface area contributed by atoms with Crippen molar-refractivity contribution >= 4 is 29.9 Å². The summed E-state index contributed by atoms with van der Waals surface area (Å²) in [6.45, 7) is 9.31. The number of guanidine groups is 1. The van der Waals surface area contributed by atoms with Crippen LogP contribution in [0.5, 0.6) is 0 Å². The third-order valence-corrected chi connectivity index (χ3v) is 4.23. The van der Waals surface area contributed by atoms with E-state index in [4.69, 9.17) is 10.5 Å². The number of benzene rings is 1. The molecule has 0 amide bonds. The number of halogens is 2. The van der Waals surface area contributed by atoms with Gasteiger partial charge in [0.15, 0.2) is 5.96 Å². The van der Waals surface area contributed by atoms with Gasteiger partial charge < -0.3 is 15.4 Å². The zero-order chi connectivity index (χ0) is 16.7.